The second-order valence-corrected chi connectivity index (χ2v) is 4.63. The molecule has 0 saturated heterocycles. The molecule has 1 atom stereocenters. The van der Waals surface area contributed by atoms with Gasteiger partial charge in [0, 0.05) is 5.69 Å². The Hall–Kier alpha value is -1.41. The molecule has 1 aromatic rings. The Labute approximate surface area is 95.2 Å². The highest BCUT2D eigenvalue weighted by Crippen LogP contribution is 2.46. The highest BCUT2D eigenvalue weighted by molar-refractivity contribution is 7.27. The van der Waals surface area contributed by atoms with Crippen molar-refractivity contribution in [3.63, 3.8) is 0 Å². The normalized spacial score (nSPS) is 16.6. The molecule has 16 heavy (non-hydrogen) atoms. The third-order valence-electron chi connectivity index (χ3n) is 2.76. The molecule has 1 aliphatic carbocycles. The Balaban J connectivity index is 2.08. The number of anilines is 1. The number of benzene rings is 1. The van der Waals surface area contributed by atoms with Crippen LogP contribution in [-0.4, -0.2) is 17.0 Å². The summed E-state index contributed by atoms with van der Waals surface area (Å²) in [5.74, 6) is -1.45. The van der Waals surface area contributed by atoms with Crippen LogP contribution in [0, 0.1) is 5.41 Å². The van der Waals surface area contributed by atoms with E-state index in [0.29, 0.717) is 18.5 Å². The van der Waals surface area contributed by atoms with Gasteiger partial charge in [0.2, 0.25) is 5.91 Å². The number of amides is 1. The van der Waals surface area contributed by atoms with Gasteiger partial charge >= 0.3 is 5.97 Å². The van der Waals surface area contributed by atoms with E-state index >= 15 is 0 Å². The zero-order valence-electron chi connectivity index (χ0n) is 8.56. The standard InChI is InChI=1S/C11H12NO3P/c13-9(11(5-6-11)10(14)15)12-7-1-3-8(16)4-2-7/h1-4H,5-6,16H2,(H,12,13)(H,14,15). The number of carbonyl (C=O) groups excluding carboxylic acids is 1. The average Bonchev–Trinajstić information content (AvgIpc) is 3.02. The first kappa shape index (κ1) is 11.1. The van der Waals surface area contributed by atoms with E-state index in [1.807, 2.05) is 12.1 Å². The highest BCUT2D eigenvalue weighted by Gasteiger charge is 2.57. The van der Waals surface area contributed by atoms with Gasteiger partial charge in [-0.15, -0.1) is 9.24 Å². The lowest BCUT2D eigenvalue weighted by Crippen LogP contribution is -2.31. The van der Waals surface area contributed by atoms with E-state index in [4.69, 9.17) is 5.11 Å². The van der Waals surface area contributed by atoms with Crippen LogP contribution in [0.4, 0.5) is 5.69 Å². The smallest absolute Gasteiger partial charge is 0.319 e. The van der Waals surface area contributed by atoms with E-state index in [9.17, 15) is 9.59 Å². The second kappa shape index (κ2) is 3.87. The molecule has 1 aliphatic rings. The number of hydrogen-bond acceptors (Lipinski definition) is 2. The Morgan fingerprint density at radius 3 is 2.25 bits per heavy atom. The minimum atomic E-state index is -1.18. The summed E-state index contributed by atoms with van der Waals surface area (Å²) in [4.78, 5) is 22.6. The molecule has 1 unspecified atom stereocenters. The van der Waals surface area contributed by atoms with Crippen LogP contribution < -0.4 is 10.6 Å². The zero-order valence-corrected chi connectivity index (χ0v) is 9.72. The molecule has 2 N–H and O–H groups in total. The number of carboxylic acid groups (broad SMARTS) is 1. The van der Waals surface area contributed by atoms with Gasteiger partial charge in [-0.25, -0.2) is 0 Å². The lowest BCUT2D eigenvalue weighted by atomic mass is 10.1. The van der Waals surface area contributed by atoms with Crippen molar-refractivity contribution in [3.8, 4) is 0 Å². The molecule has 0 radical (unpaired) electrons. The maximum Gasteiger partial charge on any atom is 0.319 e. The van der Waals surface area contributed by atoms with Crippen LogP contribution in [0.2, 0.25) is 0 Å². The van der Waals surface area contributed by atoms with Crippen LogP contribution >= 0.6 is 9.24 Å². The van der Waals surface area contributed by atoms with E-state index in [-0.39, 0.29) is 0 Å². The number of nitrogens with one attached hydrogen (secondary N) is 1. The molecular weight excluding hydrogens is 225 g/mol. The van der Waals surface area contributed by atoms with Crippen LogP contribution in [-0.2, 0) is 9.59 Å². The molecule has 1 saturated carbocycles. The highest BCUT2D eigenvalue weighted by atomic mass is 31.0. The second-order valence-electron chi connectivity index (χ2n) is 3.96. The number of carbonyl (C=O) groups is 2. The molecule has 0 aromatic heterocycles. The van der Waals surface area contributed by atoms with Crippen molar-refractivity contribution in [2.45, 2.75) is 12.8 Å². The van der Waals surface area contributed by atoms with E-state index < -0.39 is 17.3 Å². The van der Waals surface area contributed by atoms with Gasteiger partial charge in [-0.3, -0.25) is 9.59 Å². The Bertz CT molecular complexity index is 437. The van der Waals surface area contributed by atoms with Crippen molar-refractivity contribution >= 4 is 32.1 Å². The van der Waals surface area contributed by atoms with Crippen molar-refractivity contribution in [1.82, 2.24) is 0 Å². The Kier molecular flexibility index (Phi) is 2.68. The summed E-state index contributed by atoms with van der Waals surface area (Å²) >= 11 is 0. The third kappa shape index (κ3) is 1.93. The predicted molar refractivity (Wildman–Crippen MR) is 63.7 cm³/mol. The summed E-state index contributed by atoms with van der Waals surface area (Å²) in [5.41, 5.74) is -0.552. The van der Waals surface area contributed by atoms with E-state index in [2.05, 4.69) is 14.6 Å². The molecule has 0 spiro atoms. The van der Waals surface area contributed by atoms with Crippen molar-refractivity contribution in [2.24, 2.45) is 5.41 Å². The largest absolute Gasteiger partial charge is 0.480 e. The molecule has 1 fully saturated rings. The average molecular weight is 237 g/mol. The van der Waals surface area contributed by atoms with Gasteiger partial charge in [0.25, 0.3) is 0 Å². The first-order valence-corrected chi connectivity index (χ1v) is 5.53. The number of hydrogen-bond donors (Lipinski definition) is 2. The summed E-state index contributed by atoms with van der Waals surface area (Å²) in [6, 6.07) is 7.16. The van der Waals surface area contributed by atoms with Crippen LogP contribution in [0.1, 0.15) is 12.8 Å². The molecule has 0 bridgehead atoms. The maximum absolute atomic E-state index is 11.7. The monoisotopic (exact) mass is 237 g/mol. The first-order valence-electron chi connectivity index (χ1n) is 4.95. The molecule has 84 valence electrons. The molecular formula is C11H12NO3P. The van der Waals surface area contributed by atoms with Crippen molar-refractivity contribution < 1.29 is 14.7 Å². The quantitative estimate of drug-likeness (QED) is 0.608. The summed E-state index contributed by atoms with van der Waals surface area (Å²) in [6.45, 7) is 0. The SMILES string of the molecule is O=C(O)C1(C(=O)Nc2ccc(P)cc2)CC1. The lowest BCUT2D eigenvalue weighted by Gasteiger charge is -2.10. The van der Waals surface area contributed by atoms with E-state index in [1.165, 1.54) is 0 Å². The van der Waals surface area contributed by atoms with Crippen LogP contribution in [0.3, 0.4) is 0 Å². The minimum Gasteiger partial charge on any atom is -0.480 e. The van der Waals surface area contributed by atoms with Gasteiger partial charge < -0.3 is 10.4 Å². The Morgan fingerprint density at radius 2 is 1.81 bits per heavy atom. The van der Waals surface area contributed by atoms with Gasteiger partial charge in [0.1, 0.15) is 5.41 Å². The third-order valence-corrected chi connectivity index (χ3v) is 3.15. The van der Waals surface area contributed by atoms with Gasteiger partial charge in [0.05, 0.1) is 0 Å². The van der Waals surface area contributed by atoms with Crippen LogP contribution in [0.5, 0.6) is 0 Å². The van der Waals surface area contributed by atoms with Gasteiger partial charge in [-0.05, 0) is 30.3 Å². The summed E-state index contributed by atoms with van der Waals surface area (Å²) < 4.78 is 0. The van der Waals surface area contributed by atoms with E-state index in [1.54, 1.807) is 12.1 Å². The fraction of sp³-hybridized carbons (Fsp3) is 0.273. The summed E-state index contributed by atoms with van der Waals surface area (Å²) in [6.07, 6.45) is 0.853. The molecule has 0 aliphatic heterocycles. The molecule has 1 aromatic carbocycles. The summed E-state index contributed by atoms with van der Waals surface area (Å²) in [5, 5.41) is 12.6. The fourth-order valence-electron chi connectivity index (χ4n) is 1.48. The van der Waals surface area contributed by atoms with Gasteiger partial charge in [-0.2, -0.15) is 0 Å². The number of carboxylic acids is 1. The minimum absolute atomic E-state index is 0.420. The van der Waals surface area contributed by atoms with Crippen LogP contribution in [0.15, 0.2) is 24.3 Å². The zero-order chi connectivity index (χ0) is 11.8. The number of aliphatic carboxylic acids is 1. The number of rotatable bonds is 3. The molecule has 2 rings (SSSR count). The fourth-order valence-corrected chi connectivity index (χ4v) is 1.67. The Morgan fingerprint density at radius 1 is 1.25 bits per heavy atom. The van der Waals surface area contributed by atoms with Gasteiger partial charge in [0.15, 0.2) is 0 Å². The van der Waals surface area contributed by atoms with Crippen molar-refractivity contribution in [3.05, 3.63) is 24.3 Å². The van der Waals surface area contributed by atoms with Crippen molar-refractivity contribution in [2.75, 3.05) is 5.32 Å². The summed E-state index contributed by atoms with van der Waals surface area (Å²) in [7, 11) is 2.54. The molecule has 1 amide bonds. The predicted octanol–water partition coefficient (Wildman–Crippen LogP) is 0.990. The first-order chi connectivity index (χ1) is 7.54. The maximum atomic E-state index is 11.7. The molecule has 0 heterocycles. The molecule has 5 heteroatoms. The van der Waals surface area contributed by atoms with Gasteiger partial charge in [-0.1, -0.05) is 12.1 Å². The molecule has 4 nitrogen and oxygen atoms in total. The lowest BCUT2D eigenvalue weighted by molar-refractivity contribution is -0.147. The van der Waals surface area contributed by atoms with Crippen LogP contribution in [0.25, 0.3) is 0 Å². The van der Waals surface area contributed by atoms with E-state index in [0.717, 1.165) is 5.30 Å². The van der Waals surface area contributed by atoms with Crippen molar-refractivity contribution in [1.29, 1.82) is 0 Å². The topological polar surface area (TPSA) is 66.4 Å².